The van der Waals surface area contributed by atoms with E-state index in [0.29, 0.717) is 17.8 Å². The fraction of sp³-hybridized carbons (Fsp3) is 0.600. The SMILES string of the molecule is CC(Cc1ccc(O)cc1)NCCN(C)C(C)C. The highest BCUT2D eigenvalue weighted by molar-refractivity contribution is 5.26. The maximum absolute atomic E-state index is 9.22. The summed E-state index contributed by atoms with van der Waals surface area (Å²) in [6, 6.07) is 8.50. The smallest absolute Gasteiger partial charge is 0.115 e. The van der Waals surface area contributed by atoms with Crippen LogP contribution in [0.1, 0.15) is 26.3 Å². The summed E-state index contributed by atoms with van der Waals surface area (Å²) < 4.78 is 0. The van der Waals surface area contributed by atoms with Crippen LogP contribution in [0.2, 0.25) is 0 Å². The molecule has 0 aliphatic carbocycles. The van der Waals surface area contributed by atoms with E-state index in [0.717, 1.165) is 19.5 Å². The second-order valence-electron chi connectivity index (χ2n) is 5.30. The Bertz CT molecular complexity index is 335. The zero-order valence-electron chi connectivity index (χ0n) is 12.0. The monoisotopic (exact) mass is 250 g/mol. The molecular formula is C15H26N2O. The molecule has 0 heterocycles. The Labute approximate surface area is 111 Å². The molecule has 0 saturated carbocycles. The van der Waals surface area contributed by atoms with E-state index < -0.39 is 0 Å². The van der Waals surface area contributed by atoms with Gasteiger partial charge in [-0.1, -0.05) is 12.1 Å². The normalized spacial score (nSPS) is 13.2. The summed E-state index contributed by atoms with van der Waals surface area (Å²) in [7, 11) is 2.15. The fourth-order valence-electron chi connectivity index (χ4n) is 1.80. The topological polar surface area (TPSA) is 35.5 Å². The summed E-state index contributed by atoms with van der Waals surface area (Å²) in [6.07, 6.45) is 0.992. The van der Waals surface area contributed by atoms with Crippen LogP contribution in [0.15, 0.2) is 24.3 Å². The minimum Gasteiger partial charge on any atom is -0.508 e. The summed E-state index contributed by atoms with van der Waals surface area (Å²) in [4.78, 5) is 2.33. The van der Waals surface area contributed by atoms with Crippen LogP contribution in [0, 0.1) is 0 Å². The van der Waals surface area contributed by atoms with Gasteiger partial charge in [-0.3, -0.25) is 0 Å². The lowest BCUT2D eigenvalue weighted by Crippen LogP contribution is -2.37. The minimum atomic E-state index is 0.331. The summed E-state index contributed by atoms with van der Waals surface area (Å²) >= 11 is 0. The molecule has 1 aromatic carbocycles. The van der Waals surface area contributed by atoms with Crippen molar-refractivity contribution in [3.05, 3.63) is 29.8 Å². The number of aromatic hydroxyl groups is 1. The molecule has 3 nitrogen and oxygen atoms in total. The molecule has 18 heavy (non-hydrogen) atoms. The van der Waals surface area contributed by atoms with Gasteiger partial charge in [-0.15, -0.1) is 0 Å². The lowest BCUT2D eigenvalue weighted by Gasteiger charge is -2.22. The molecule has 0 spiro atoms. The number of hydrogen-bond acceptors (Lipinski definition) is 3. The van der Waals surface area contributed by atoms with Gasteiger partial charge in [0.2, 0.25) is 0 Å². The number of nitrogens with zero attached hydrogens (tertiary/aromatic N) is 1. The van der Waals surface area contributed by atoms with Crippen molar-refractivity contribution in [3.8, 4) is 5.75 Å². The van der Waals surface area contributed by atoms with Gasteiger partial charge < -0.3 is 15.3 Å². The van der Waals surface area contributed by atoms with Gasteiger partial charge in [0, 0.05) is 25.2 Å². The molecule has 1 unspecified atom stereocenters. The van der Waals surface area contributed by atoms with Gasteiger partial charge in [0.1, 0.15) is 5.75 Å². The first-order valence-electron chi connectivity index (χ1n) is 6.70. The number of phenols is 1. The summed E-state index contributed by atoms with van der Waals surface area (Å²) in [6.45, 7) is 8.69. The van der Waals surface area contributed by atoms with Gasteiger partial charge in [-0.2, -0.15) is 0 Å². The highest BCUT2D eigenvalue weighted by Crippen LogP contribution is 2.11. The first-order chi connectivity index (χ1) is 8.49. The Kier molecular flexibility index (Phi) is 6.16. The third kappa shape index (κ3) is 5.52. The van der Waals surface area contributed by atoms with Crippen LogP contribution in [0.5, 0.6) is 5.75 Å². The number of nitrogens with one attached hydrogen (secondary N) is 1. The van der Waals surface area contributed by atoms with Crippen LogP contribution >= 0.6 is 0 Å². The number of rotatable bonds is 7. The number of phenolic OH excluding ortho intramolecular Hbond substituents is 1. The lowest BCUT2D eigenvalue weighted by molar-refractivity contribution is 0.269. The molecule has 2 N–H and O–H groups in total. The predicted octanol–water partition coefficient (Wildman–Crippen LogP) is 2.25. The summed E-state index contributed by atoms with van der Waals surface area (Å²) in [5.41, 5.74) is 1.25. The summed E-state index contributed by atoms with van der Waals surface area (Å²) in [5.74, 6) is 0.331. The fourth-order valence-corrected chi connectivity index (χ4v) is 1.80. The maximum Gasteiger partial charge on any atom is 0.115 e. The van der Waals surface area contributed by atoms with Gasteiger partial charge in [-0.05, 0) is 51.9 Å². The highest BCUT2D eigenvalue weighted by atomic mass is 16.3. The Balaban J connectivity index is 2.25. The second-order valence-corrected chi connectivity index (χ2v) is 5.30. The van der Waals surface area contributed by atoms with E-state index in [4.69, 9.17) is 0 Å². The molecule has 0 aliphatic heterocycles. The number of benzene rings is 1. The van der Waals surface area contributed by atoms with E-state index in [1.807, 2.05) is 12.1 Å². The molecule has 0 fully saturated rings. The van der Waals surface area contributed by atoms with Crippen molar-refractivity contribution < 1.29 is 5.11 Å². The van der Waals surface area contributed by atoms with Crippen LogP contribution < -0.4 is 5.32 Å². The molecule has 3 heteroatoms. The van der Waals surface area contributed by atoms with E-state index in [9.17, 15) is 5.11 Å². The maximum atomic E-state index is 9.22. The third-order valence-corrected chi connectivity index (χ3v) is 3.32. The first-order valence-corrected chi connectivity index (χ1v) is 6.70. The van der Waals surface area contributed by atoms with Crippen LogP contribution in [0.4, 0.5) is 0 Å². The Morgan fingerprint density at radius 3 is 2.33 bits per heavy atom. The molecule has 0 aliphatic rings. The predicted molar refractivity (Wildman–Crippen MR) is 77.0 cm³/mol. The average Bonchev–Trinajstić information content (AvgIpc) is 2.32. The molecule has 1 rings (SSSR count). The van der Waals surface area contributed by atoms with Crippen molar-refractivity contribution in [2.45, 2.75) is 39.3 Å². The molecule has 1 atom stereocenters. The van der Waals surface area contributed by atoms with Crippen molar-refractivity contribution in [1.82, 2.24) is 10.2 Å². The van der Waals surface area contributed by atoms with Crippen molar-refractivity contribution in [2.75, 3.05) is 20.1 Å². The third-order valence-electron chi connectivity index (χ3n) is 3.32. The van der Waals surface area contributed by atoms with Crippen molar-refractivity contribution in [3.63, 3.8) is 0 Å². The lowest BCUT2D eigenvalue weighted by atomic mass is 10.1. The van der Waals surface area contributed by atoms with Gasteiger partial charge in [0.25, 0.3) is 0 Å². The van der Waals surface area contributed by atoms with Crippen LogP contribution in [0.25, 0.3) is 0 Å². The number of likely N-dealkylation sites (N-methyl/N-ethyl adjacent to an activating group) is 1. The van der Waals surface area contributed by atoms with E-state index in [-0.39, 0.29) is 0 Å². The van der Waals surface area contributed by atoms with E-state index in [1.165, 1.54) is 5.56 Å². The van der Waals surface area contributed by atoms with Crippen molar-refractivity contribution >= 4 is 0 Å². The minimum absolute atomic E-state index is 0.331. The van der Waals surface area contributed by atoms with Crippen molar-refractivity contribution in [1.29, 1.82) is 0 Å². The van der Waals surface area contributed by atoms with E-state index in [1.54, 1.807) is 12.1 Å². The molecule has 0 bridgehead atoms. The van der Waals surface area contributed by atoms with Crippen LogP contribution in [0.3, 0.4) is 0 Å². The van der Waals surface area contributed by atoms with Gasteiger partial charge in [0.15, 0.2) is 0 Å². The van der Waals surface area contributed by atoms with Crippen molar-refractivity contribution in [2.24, 2.45) is 0 Å². The zero-order valence-corrected chi connectivity index (χ0v) is 12.0. The van der Waals surface area contributed by atoms with E-state index >= 15 is 0 Å². The zero-order chi connectivity index (χ0) is 13.5. The standard InChI is InChI=1S/C15H26N2O/c1-12(2)17(4)10-9-16-13(3)11-14-5-7-15(18)8-6-14/h5-8,12-13,16,18H,9-11H2,1-4H3. The van der Waals surface area contributed by atoms with Crippen LogP contribution in [-0.4, -0.2) is 42.2 Å². The molecule has 0 amide bonds. The summed E-state index contributed by atoms with van der Waals surface area (Å²) in [5, 5.41) is 12.8. The average molecular weight is 250 g/mol. The van der Waals surface area contributed by atoms with Gasteiger partial charge >= 0.3 is 0 Å². The molecule has 0 saturated heterocycles. The highest BCUT2D eigenvalue weighted by Gasteiger charge is 2.05. The largest absolute Gasteiger partial charge is 0.508 e. The Hall–Kier alpha value is -1.06. The molecular weight excluding hydrogens is 224 g/mol. The van der Waals surface area contributed by atoms with Crippen LogP contribution in [-0.2, 0) is 6.42 Å². The first kappa shape index (κ1) is 15.0. The molecule has 1 aromatic rings. The Morgan fingerprint density at radius 1 is 1.17 bits per heavy atom. The van der Waals surface area contributed by atoms with Gasteiger partial charge in [-0.25, -0.2) is 0 Å². The molecule has 0 radical (unpaired) electrons. The Morgan fingerprint density at radius 2 is 1.78 bits per heavy atom. The quantitative estimate of drug-likeness (QED) is 0.779. The molecule has 0 aromatic heterocycles. The number of hydrogen-bond donors (Lipinski definition) is 2. The van der Waals surface area contributed by atoms with E-state index in [2.05, 4.69) is 38.0 Å². The second kappa shape index (κ2) is 7.39. The molecule has 102 valence electrons. The van der Waals surface area contributed by atoms with Gasteiger partial charge in [0.05, 0.1) is 0 Å².